The fourth-order valence-corrected chi connectivity index (χ4v) is 4.30. The topological polar surface area (TPSA) is 78.4 Å². The van der Waals surface area contributed by atoms with Gasteiger partial charge in [0, 0.05) is 30.9 Å². The summed E-state index contributed by atoms with van der Waals surface area (Å²) in [7, 11) is 0. The Morgan fingerprint density at radius 3 is 2.82 bits per heavy atom. The Bertz CT molecular complexity index is 855. The van der Waals surface area contributed by atoms with Crippen LogP contribution in [0.15, 0.2) is 30.3 Å². The molecule has 2 aromatic rings. The van der Waals surface area contributed by atoms with Crippen molar-refractivity contribution < 1.29 is 9.90 Å². The number of amides is 2. The molecule has 1 aromatic carbocycles. The van der Waals surface area contributed by atoms with E-state index in [1.165, 1.54) is 24.1 Å². The molecule has 2 heterocycles. The molecular formula is C22H28N4O2. The number of aryl methyl sites for hydroxylation is 2. The molecule has 1 aliphatic heterocycles. The molecule has 0 radical (unpaired) electrons. The van der Waals surface area contributed by atoms with E-state index < -0.39 is 5.60 Å². The molecule has 1 saturated heterocycles. The molecule has 6 heteroatoms. The third-order valence-corrected chi connectivity index (χ3v) is 5.91. The van der Waals surface area contributed by atoms with Crippen LogP contribution < -0.4 is 5.32 Å². The molecule has 0 bridgehead atoms. The molecule has 1 aliphatic carbocycles. The van der Waals surface area contributed by atoms with Gasteiger partial charge in [-0.25, -0.2) is 14.8 Å². The van der Waals surface area contributed by atoms with Crippen LogP contribution in [-0.4, -0.2) is 45.6 Å². The number of urea groups is 1. The Labute approximate surface area is 166 Å². The third-order valence-electron chi connectivity index (χ3n) is 5.91. The van der Waals surface area contributed by atoms with Gasteiger partial charge >= 0.3 is 6.03 Å². The number of β-amino-alcohol motifs (C(OH)–C–C–N with tert-alkyl or cyclic N) is 1. The minimum absolute atomic E-state index is 0.137. The van der Waals surface area contributed by atoms with Gasteiger partial charge in [0.25, 0.3) is 0 Å². The van der Waals surface area contributed by atoms with Gasteiger partial charge in [0.05, 0.1) is 6.54 Å². The average molecular weight is 380 g/mol. The first-order chi connectivity index (χ1) is 13.5. The smallest absolute Gasteiger partial charge is 0.317 e. The Kier molecular flexibility index (Phi) is 5.31. The fourth-order valence-electron chi connectivity index (χ4n) is 4.30. The summed E-state index contributed by atoms with van der Waals surface area (Å²) in [5.74, 6) is 0.806. The van der Waals surface area contributed by atoms with Crippen LogP contribution in [0.4, 0.5) is 4.79 Å². The van der Waals surface area contributed by atoms with Gasteiger partial charge in [-0.05, 0) is 50.2 Å². The number of nitrogens with one attached hydrogen (secondary N) is 1. The number of aromatic nitrogens is 2. The highest BCUT2D eigenvalue weighted by molar-refractivity contribution is 5.74. The minimum Gasteiger partial charge on any atom is -0.383 e. The van der Waals surface area contributed by atoms with E-state index in [1.807, 2.05) is 30.3 Å². The van der Waals surface area contributed by atoms with Crippen molar-refractivity contribution in [3.05, 3.63) is 58.7 Å². The lowest BCUT2D eigenvalue weighted by Crippen LogP contribution is -2.41. The van der Waals surface area contributed by atoms with E-state index in [4.69, 9.17) is 4.98 Å². The molecule has 1 aromatic heterocycles. The number of hydrogen-bond donors (Lipinski definition) is 2. The van der Waals surface area contributed by atoms with Gasteiger partial charge in [0.2, 0.25) is 0 Å². The van der Waals surface area contributed by atoms with Gasteiger partial charge in [-0.2, -0.15) is 0 Å². The zero-order valence-corrected chi connectivity index (χ0v) is 16.4. The number of fused-ring (bicyclic) bond motifs is 1. The molecule has 2 amide bonds. The van der Waals surface area contributed by atoms with Crippen molar-refractivity contribution in [1.82, 2.24) is 20.2 Å². The average Bonchev–Trinajstić information content (AvgIpc) is 3.12. The normalized spacial score (nSPS) is 21.4. The van der Waals surface area contributed by atoms with E-state index in [0.717, 1.165) is 29.9 Å². The van der Waals surface area contributed by atoms with Crippen LogP contribution in [0.3, 0.4) is 0 Å². The highest BCUT2D eigenvalue weighted by Gasteiger charge is 2.39. The summed E-state index contributed by atoms with van der Waals surface area (Å²) in [6, 6.07) is 9.44. The fraction of sp³-hybridized carbons (Fsp3) is 0.500. The maximum Gasteiger partial charge on any atom is 0.317 e. The molecule has 148 valence electrons. The second kappa shape index (κ2) is 7.87. The molecule has 28 heavy (non-hydrogen) atoms. The largest absolute Gasteiger partial charge is 0.383 e. The van der Waals surface area contributed by atoms with Gasteiger partial charge in [-0.3, -0.25) is 0 Å². The lowest BCUT2D eigenvalue weighted by atomic mass is 9.93. The number of likely N-dealkylation sites (tertiary alicyclic amines) is 1. The Morgan fingerprint density at radius 2 is 2.00 bits per heavy atom. The standard InChI is InChI=1S/C22H28N4O2/c1-16-18-9-5-6-10-19(18)25-20(24-16)11-13-23-21(27)26-14-12-22(28,15-26)17-7-3-2-4-8-17/h2-4,7-8,28H,5-6,9-15H2,1H3,(H,23,27). The van der Waals surface area contributed by atoms with Crippen molar-refractivity contribution in [2.24, 2.45) is 0 Å². The number of nitrogens with zero attached hydrogens (tertiary/aromatic N) is 3. The predicted molar refractivity (Wildman–Crippen MR) is 107 cm³/mol. The molecule has 1 atom stereocenters. The number of rotatable bonds is 4. The van der Waals surface area contributed by atoms with E-state index >= 15 is 0 Å². The van der Waals surface area contributed by atoms with Crippen LogP contribution in [0, 0.1) is 6.92 Å². The lowest BCUT2D eigenvalue weighted by Gasteiger charge is -2.24. The van der Waals surface area contributed by atoms with Gasteiger partial charge in [0.15, 0.2) is 0 Å². The summed E-state index contributed by atoms with van der Waals surface area (Å²) in [5.41, 5.74) is 3.49. The summed E-state index contributed by atoms with van der Waals surface area (Å²) in [6.07, 6.45) is 5.70. The molecule has 0 spiro atoms. The number of carbonyl (C=O) groups excluding carboxylic acids is 1. The van der Waals surface area contributed by atoms with Crippen molar-refractivity contribution in [3.63, 3.8) is 0 Å². The predicted octanol–water partition coefficient (Wildman–Crippen LogP) is 2.51. The molecule has 6 nitrogen and oxygen atoms in total. The number of hydrogen-bond acceptors (Lipinski definition) is 4. The Balaban J connectivity index is 1.31. The van der Waals surface area contributed by atoms with E-state index in [9.17, 15) is 9.90 Å². The summed E-state index contributed by atoms with van der Waals surface area (Å²) < 4.78 is 0. The number of benzene rings is 1. The zero-order chi connectivity index (χ0) is 19.6. The second-order valence-electron chi connectivity index (χ2n) is 7.91. The van der Waals surface area contributed by atoms with Crippen molar-refractivity contribution in [3.8, 4) is 0 Å². The third kappa shape index (κ3) is 3.87. The Morgan fingerprint density at radius 1 is 1.21 bits per heavy atom. The zero-order valence-electron chi connectivity index (χ0n) is 16.4. The number of aliphatic hydroxyl groups is 1. The summed E-state index contributed by atoms with van der Waals surface area (Å²) in [5, 5.41) is 13.8. The first-order valence-corrected chi connectivity index (χ1v) is 10.2. The van der Waals surface area contributed by atoms with E-state index in [1.54, 1.807) is 4.90 Å². The molecule has 1 unspecified atom stereocenters. The lowest BCUT2D eigenvalue weighted by molar-refractivity contribution is 0.0494. The van der Waals surface area contributed by atoms with Crippen molar-refractivity contribution in [1.29, 1.82) is 0 Å². The first-order valence-electron chi connectivity index (χ1n) is 10.2. The quantitative estimate of drug-likeness (QED) is 0.854. The first kappa shape index (κ1) is 18.9. The molecule has 1 fully saturated rings. The van der Waals surface area contributed by atoms with Crippen molar-refractivity contribution >= 4 is 6.03 Å². The molecule has 2 N–H and O–H groups in total. The Hall–Kier alpha value is -2.47. The SMILES string of the molecule is Cc1nc(CCNC(=O)N2CCC(O)(c3ccccc3)C2)nc2c1CCCC2. The molecule has 0 saturated carbocycles. The molecule has 2 aliphatic rings. The van der Waals surface area contributed by atoms with Crippen LogP contribution in [0.1, 0.15) is 47.6 Å². The van der Waals surface area contributed by atoms with E-state index in [2.05, 4.69) is 17.2 Å². The van der Waals surface area contributed by atoms with Crippen molar-refractivity contribution in [2.45, 2.75) is 51.0 Å². The van der Waals surface area contributed by atoms with E-state index in [0.29, 0.717) is 32.5 Å². The monoisotopic (exact) mass is 380 g/mol. The minimum atomic E-state index is -0.961. The van der Waals surface area contributed by atoms with Gasteiger partial charge < -0.3 is 15.3 Å². The van der Waals surface area contributed by atoms with E-state index in [-0.39, 0.29) is 6.03 Å². The maximum absolute atomic E-state index is 12.5. The summed E-state index contributed by atoms with van der Waals surface area (Å²) >= 11 is 0. The molecular weight excluding hydrogens is 352 g/mol. The van der Waals surface area contributed by atoms with Crippen LogP contribution in [0.25, 0.3) is 0 Å². The second-order valence-corrected chi connectivity index (χ2v) is 7.91. The van der Waals surface area contributed by atoms with Gasteiger partial charge in [0.1, 0.15) is 11.4 Å². The summed E-state index contributed by atoms with van der Waals surface area (Å²) in [4.78, 5) is 23.5. The van der Waals surface area contributed by atoms with Crippen LogP contribution >= 0.6 is 0 Å². The van der Waals surface area contributed by atoms with Crippen LogP contribution in [0.2, 0.25) is 0 Å². The van der Waals surface area contributed by atoms with Gasteiger partial charge in [-0.15, -0.1) is 0 Å². The van der Waals surface area contributed by atoms with Crippen molar-refractivity contribution in [2.75, 3.05) is 19.6 Å². The van der Waals surface area contributed by atoms with Gasteiger partial charge in [-0.1, -0.05) is 30.3 Å². The highest BCUT2D eigenvalue weighted by atomic mass is 16.3. The molecule has 4 rings (SSSR count). The summed E-state index contributed by atoms with van der Waals surface area (Å²) in [6.45, 7) is 3.42. The van der Waals surface area contributed by atoms with Crippen LogP contribution in [-0.2, 0) is 24.9 Å². The van der Waals surface area contributed by atoms with Crippen LogP contribution in [0.5, 0.6) is 0 Å². The maximum atomic E-state index is 12.5. The number of carbonyl (C=O) groups is 1. The highest BCUT2D eigenvalue weighted by Crippen LogP contribution is 2.31.